The minimum Gasteiger partial charge on any atom is -0.497 e. The molecule has 2 N–H and O–H groups in total. The molecule has 1 aromatic rings. The van der Waals surface area contributed by atoms with Crippen LogP contribution >= 0.6 is 24.0 Å². The number of hydrogen-bond acceptors (Lipinski definition) is 5. The summed E-state index contributed by atoms with van der Waals surface area (Å²) in [5.74, 6) is 1.83. The van der Waals surface area contributed by atoms with Crippen LogP contribution in [0.3, 0.4) is 0 Å². The summed E-state index contributed by atoms with van der Waals surface area (Å²) >= 11 is 0. The van der Waals surface area contributed by atoms with Gasteiger partial charge in [-0.3, -0.25) is 14.8 Å². The van der Waals surface area contributed by atoms with E-state index in [-0.39, 0.29) is 24.0 Å². The lowest BCUT2D eigenvalue weighted by molar-refractivity contribution is 0.109. The van der Waals surface area contributed by atoms with Crippen LogP contribution in [0, 0.1) is 0 Å². The van der Waals surface area contributed by atoms with Gasteiger partial charge in [0.15, 0.2) is 5.96 Å². The van der Waals surface area contributed by atoms with Crippen LogP contribution in [0.25, 0.3) is 0 Å². The van der Waals surface area contributed by atoms with Crippen LogP contribution in [0.4, 0.5) is 0 Å². The van der Waals surface area contributed by atoms with Gasteiger partial charge in [0.1, 0.15) is 5.75 Å². The summed E-state index contributed by atoms with van der Waals surface area (Å²) in [6.07, 6.45) is 2.56. The Hall–Kier alpha value is -1.10. The van der Waals surface area contributed by atoms with Crippen molar-refractivity contribution in [2.75, 3.05) is 72.6 Å². The fraction of sp³-hybridized carbons (Fsp3) is 0.720. The van der Waals surface area contributed by atoms with Crippen molar-refractivity contribution in [3.05, 3.63) is 29.8 Å². The summed E-state index contributed by atoms with van der Waals surface area (Å²) in [6.45, 7) is 17.3. The van der Waals surface area contributed by atoms with Gasteiger partial charge in [0.25, 0.3) is 0 Å². The Morgan fingerprint density at radius 2 is 1.64 bits per heavy atom. The fourth-order valence-corrected chi connectivity index (χ4v) is 4.73. The van der Waals surface area contributed by atoms with E-state index in [1.54, 1.807) is 7.11 Å². The summed E-state index contributed by atoms with van der Waals surface area (Å²) in [7, 11) is 1.72. The normalized spacial score (nSPS) is 20.2. The monoisotopic (exact) mass is 572 g/mol. The van der Waals surface area contributed by atoms with E-state index >= 15 is 0 Å². The van der Waals surface area contributed by atoms with Crippen molar-refractivity contribution in [1.29, 1.82) is 0 Å². The number of methoxy groups -OCH3 is 1. The molecule has 33 heavy (non-hydrogen) atoms. The van der Waals surface area contributed by atoms with Crippen molar-refractivity contribution in [3.8, 4) is 5.75 Å². The SMILES string of the molecule is CCNC(=NCC(C)N1CCN(CC)CC1)NCC(c1ccc(OC)cc1)N1CCCC1.I. The van der Waals surface area contributed by atoms with Gasteiger partial charge in [-0.15, -0.1) is 24.0 Å². The van der Waals surface area contributed by atoms with Crippen LogP contribution in [0.2, 0.25) is 0 Å². The molecule has 188 valence electrons. The van der Waals surface area contributed by atoms with Crippen molar-refractivity contribution in [3.63, 3.8) is 0 Å². The van der Waals surface area contributed by atoms with E-state index in [0.29, 0.717) is 12.1 Å². The summed E-state index contributed by atoms with van der Waals surface area (Å²) in [4.78, 5) is 12.6. The Morgan fingerprint density at radius 1 is 0.970 bits per heavy atom. The third-order valence-electron chi connectivity index (χ3n) is 6.88. The minimum absolute atomic E-state index is 0. The number of rotatable bonds is 10. The number of ether oxygens (including phenoxy) is 1. The van der Waals surface area contributed by atoms with Crippen LogP contribution < -0.4 is 15.4 Å². The molecule has 2 fully saturated rings. The molecule has 0 aromatic heterocycles. The third kappa shape index (κ3) is 8.56. The lowest BCUT2D eigenvalue weighted by Gasteiger charge is -2.37. The van der Waals surface area contributed by atoms with Crippen molar-refractivity contribution in [2.45, 2.75) is 45.7 Å². The van der Waals surface area contributed by atoms with E-state index in [9.17, 15) is 0 Å². The molecule has 3 rings (SSSR count). The maximum absolute atomic E-state index is 5.36. The Labute approximate surface area is 218 Å². The van der Waals surface area contributed by atoms with Gasteiger partial charge in [-0.05, 0) is 64.0 Å². The fourth-order valence-electron chi connectivity index (χ4n) is 4.73. The maximum atomic E-state index is 5.36. The average Bonchev–Trinajstić information content (AvgIpc) is 3.37. The summed E-state index contributed by atoms with van der Waals surface area (Å²) in [5.41, 5.74) is 1.33. The standard InChI is InChI=1S/C25H44N6O.HI/c1-5-26-25(27-19-21(3)30-17-15-29(6-2)16-18-30)28-20-24(31-13-7-8-14-31)22-9-11-23(32-4)12-10-22;/h9-12,21,24H,5-8,13-20H2,1-4H3,(H2,26,27,28);1H. The largest absolute Gasteiger partial charge is 0.497 e. The zero-order valence-corrected chi connectivity index (χ0v) is 23.4. The summed E-state index contributed by atoms with van der Waals surface area (Å²) in [6, 6.07) is 9.33. The second kappa shape index (κ2) is 15.0. The molecule has 0 radical (unpaired) electrons. The predicted molar refractivity (Wildman–Crippen MR) is 149 cm³/mol. The Bertz CT molecular complexity index is 687. The highest BCUT2D eigenvalue weighted by atomic mass is 127. The van der Waals surface area contributed by atoms with E-state index in [2.05, 4.69) is 70.4 Å². The quantitative estimate of drug-likeness (QED) is 0.256. The topological polar surface area (TPSA) is 55.4 Å². The molecule has 2 atom stereocenters. The van der Waals surface area contributed by atoms with E-state index < -0.39 is 0 Å². The first-order valence-electron chi connectivity index (χ1n) is 12.5. The zero-order valence-electron chi connectivity index (χ0n) is 21.1. The zero-order chi connectivity index (χ0) is 22.8. The third-order valence-corrected chi connectivity index (χ3v) is 6.88. The molecule has 0 bridgehead atoms. The highest BCUT2D eigenvalue weighted by molar-refractivity contribution is 14.0. The van der Waals surface area contributed by atoms with Crippen LogP contribution in [0.5, 0.6) is 5.75 Å². The number of guanidine groups is 1. The molecule has 0 saturated carbocycles. The molecule has 2 heterocycles. The lowest BCUT2D eigenvalue weighted by Crippen LogP contribution is -2.50. The first-order chi connectivity index (χ1) is 15.6. The van der Waals surface area contributed by atoms with Gasteiger partial charge < -0.3 is 20.3 Å². The van der Waals surface area contributed by atoms with E-state index in [0.717, 1.165) is 64.1 Å². The van der Waals surface area contributed by atoms with E-state index in [1.165, 1.54) is 31.5 Å². The molecular weight excluding hydrogens is 527 g/mol. The maximum Gasteiger partial charge on any atom is 0.191 e. The lowest BCUT2D eigenvalue weighted by atomic mass is 10.1. The van der Waals surface area contributed by atoms with Gasteiger partial charge in [-0.1, -0.05) is 19.1 Å². The molecule has 2 aliphatic heterocycles. The number of benzene rings is 1. The van der Waals surface area contributed by atoms with Crippen molar-refractivity contribution in [2.24, 2.45) is 4.99 Å². The van der Waals surface area contributed by atoms with Crippen LogP contribution in [0.1, 0.15) is 45.2 Å². The van der Waals surface area contributed by atoms with Crippen molar-refractivity contribution >= 4 is 29.9 Å². The first kappa shape index (κ1) is 28.1. The molecule has 0 amide bonds. The Morgan fingerprint density at radius 3 is 2.21 bits per heavy atom. The molecule has 2 aliphatic rings. The number of nitrogens with one attached hydrogen (secondary N) is 2. The smallest absolute Gasteiger partial charge is 0.191 e. The number of likely N-dealkylation sites (tertiary alicyclic amines) is 1. The van der Waals surface area contributed by atoms with Gasteiger partial charge in [-0.2, -0.15) is 0 Å². The van der Waals surface area contributed by atoms with Gasteiger partial charge in [-0.25, -0.2) is 0 Å². The predicted octanol–water partition coefficient (Wildman–Crippen LogP) is 3.03. The van der Waals surface area contributed by atoms with Crippen molar-refractivity contribution in [1.82, 2.24) is 25.3 Å². The first-order valence-corrected chi connectivity index (χ1v) is 12.5. The van der Waals surface area contributed by atoms with Crippen molar-refractivity contribution < 1.29 is 4.74 Å². The van der Waals surface area contributed by atoms with Gasteiger partial charge >= 0.3 is 0 Å². The molecule has 7 nitrogen and oxygen atoms in total. The molecule has 8 heteroatoms. The Balaban J connectivity index is 0.00000385. The minimum atomic E-state index is 0. The van der Waals surface area contributed by atoms with Gasteiger partial charge in [0.05, 0.1) is 19.7 Å². The second-order valence-electron chi connectivity index (χ2n) is 8.95. The number of hydrogen-bond donors (Lipinski definition) is 2. The number of halogens is 1. The summed E-state index contributed by atoms with van der Waals surface area (Å²) in [5, 5.41) is 7.08. The molecule has 0 aliphatic carbocycles. The van der Waals surface area contributed by atoms with Gasteiger partial charge in [0, 0.05) is 45.3 Å². The van der Waals surface area contributed by atoms with E-state index in [4.69, 9.17) is 9.73 Å². The average molecular weight is 573 g/mol. The van der Waals surface area contributed by atoms with Crippen LogP contribution in [-0.2, 0) is 0 Å². The van der Waals surface area contributed by atoms with E-state index in [1.807, 2.05) is 0 Å². The molecule has 1 aromatic carbocycles. The highest BCUT2D eigenvalue weighted by Gasteiger charge is 2.24. The molecule has 0 spiro atoms. The number of piperazine rings is 1. The number of likely N-dealkylation sites (N-methyl/N-ethyl adjacent to an activating group) is 1. The van der Waals surface area contributed by atoms with Crippen LogP contribution in [0.15, 0.2) is 29.3 Å². The highest BCUT2D eigenvalue weighted by Crippen LogP contribution is 2.26. The molecule has 2 unspecified atom stereocenters. The number of aliphatic imine (C=N–C) groups is 1. The Kier molecular flexibility index (Phi) is 12.8. The molecule has 2 saturated heterocycles. The second-order valence-corrected chi connectivity index (χ2v) is 8.95. The molecular formula is C25H45IN6O. The summed E-state index contributed by atoms with van der Waals surface area (Å²) < 4.78 is 5.36. The number of nitrogens with zero attached hydrogens (tertiary/aromatic N) is 4. The van der Waals surface area contributed by atoms with Gasteiger partial charge in [0.2, 0.25) is 0 Å². The van der Waals surface area contributed by atoms with Crippen LogP contribution in [-0.4, -0.2) is 99.3 Å².